The average molecular weight is 327 g/mol. The number of esters is 1. The molecule has 0 radical (unpaired) electrons. The summed E-state index contributed by atoms with van der Waals surface area (Å²) in [5.41, 5.74) is 4.48. The number of hydrogen-bond donors (Lipinski definition) is 0. The highest BCUT2D eigenvalue weighted by Gasteiger charge is 2.09. The van der Waals surface area contributed by atoms with Crippen LogP contribution in [0, 0.1) is 11.3 Å². The van der Waals surface area contributed by atoms with Crippen LogP contribution in [-0.4, -0.2) is 5.97 Å². The van der Waals surface area contributed by atoms with Gasteiger partial charge in [0.05, 0.1) is 17.2 Å². The molecule has 0 saturated heterocycles. The topological polar surface area (TPSA) is 50.1 Å². The zero-order valence-corrected chi connectivity index (χ0v) is 13.9. The Bertz CT molecular complexity index is 902. The molecule has 0 aliphatic rings. The van der Waals surface area contributed by atoms with Crippen LogP contribution in [0.2, 0.25) is 0 Å². The lowest BCUT2D eigenvalue weighted by molar-refractivity contribution is 0.0735. The molecule has 122 valence electrons. The summed E-state index contributed by atoms with van der Waals surface area (Å²) in [6, 6.07) is 24.2. The monoisotopic (exact) mass is 327 g/mol. The molecule has 0 N–H and O–H groups in total. The molecule has 0 fully saturated rings. The maximum atomic E-state index is 12.2. The lowest BCUT2D eigenvalue weighted by Gasteiger charge is -2.06. The van der Waals surface area contributed by atoms with Gasteiger partial charge in [0.2, 0.25) is 0 Å². The molecule has 0 aliphatic heterocycles. The maximum absolute atomic E-state index is 12.2. The molecule has 3 aromatic carbocycles. The average Bonchev–Trinajstić information content (AvgIpc) is 2.69. The molecule has 3 rings (SSSR count). The molecule has 0 aromatic heterocycles. The summed E-state index contributed by atoms with van der Waals surface area (Å²) in [5.74, 6) is 0.000759. The first-order valence-corrected chi connectivity index (χ1v) is 8.11. The van der Waals surface area contributed by atoms with Gasteiger partial charge in [-0.25, -0.2) is 4.79 Å². The number of nitriles is 1. The van der Waals surface area contributed by atoms with Crippen molar-refractivity contribution in [2.45, 2.75) is 13.3 Å². The van der Waals surface area contributed by atoms with E-state index in [9.17, 15) is 4.79 Å². The van der Waals surface area contributed by atoms with Gasteiger partial charge in [-0.15, -0.1) is 0 Å². The van der Waals surface area contributed by atoms with Gasteiger partial charge in [0, 0.05) is 0 Å². The van der Waals surface area contributed by atoms with Crippen LogP contribution in [0.3, 0.4) is 0 Å². The van der Waals surface area contributed by atoms with Crippen molar-refractivity contribution in [3.8, 4) is 22.9 Å². The number of nitrogens with zero attached hydrogens (tertiary/aromatic N) is 1. The summed E-state index contributed by atoms with van der Waals surface area (Å²) < 4.78 is 5.33. The van der Waals surface area contributed by atoms with Crippen LogP contribution >= 0.6 is 0 Å². The van der Waals surface area contributed by atoms with Crippen LogP contribution in [0.1, 0.15) is 28.4 Å². The number of carbonyl (C=O) groups is 1. The van der Waals surface area contributed by atoms with E-state index in [2.05, 4.69) is 31.2 Å². The third-order valence-corrected chi connectivity index (χ3v) is 4.01. The number of benzene rings is 3. The smallest absolute Gasteiger partial charge is 0.343 e. The second kappa shape index (κ2) is 7.46. The van der Waals surface area contributed by atoms with Crippen molar-refractivity contribution in [3.63, 3.8) is 0 Å². The Morgan fingerprint density at radius 2 is 1.44 bits per heavy atom. The van der Waals surface area contributed by atoms with Gasteiger partial charge in [0.1, 0.15) is 5.75 Å². The van der Waals surface area contributed by atoms with E-state index >= 15 is 0 Å². The van der Waals surface area contributed by atoms with Crippen LogP contribution in [0.15, 0.2) is 72.8 Å². The SMILES string of the molecule is CCc1ccc(-c2ccc(C(=O)Oc3ccc(C#N)cc3)cc2)cc1. The lowest BCUT2D eigenvalue weighted by atomic mass is 10.0. The molecule has 0 amide bonds. The van der Waals surface area contributed by atoms with E-state index in [1.807, 2.05) is 18.2 Å². The van der Waals surface area contributed by atoms with Crippen LogP contribution in [0.4, 0.5) is 0 Å². The molecule has 3 heteroatoms. The fourth-order valence-electron chi connectivity index (χ4n) is 2.50. The fourth-order valence-corrected chi connectivity index (χ4v) is 2.50. The van der Waals surface area contributed by atoms with Gasteiger partial charge in [0.15, 0.2) is 0 Å². The number of carbonyl (C=O) groups excluding carboxylic acids is 1. The van der Waals surface area contributed by atoms with Crippen molar-refractivity contribution in [3.05, 3.63) is 89.5 Å². The quantitative estimate of drug-likeness (QED) is 0.500. The Kier molecular flexibility index (Phi) is 4.92. The van der Waals surface area contributed by atoms with Gasteiger partial charge in [-0.05, 0) is 59.5 Å². The Balaban J connectivity index is 1.72. The third kappa shape index (κ3) is 3.94. The normalized spacial score (nSPS) is 10.1. The van der Waals surface area contributed by atoms with Gasteiger partial charge < -0.3 is 4.74 Å². The number of rotatable bonds is 4. The standard InChI is InChI=1S/C22H17NO2/c1-2-16-3-7-18(8-4-16)19-9-11-20(12-10-19)22(24)25-21-13-5-17(15-23)6-14-21/h3-14H,2H2,1H3. The van der Waals surface area contributed by atoms with E-state index in [0.717, 1.165) is 17.5 Å². The van der Waals surface area contributed by atoms with E-state index in [0.29, 0.717) is 16.9 Å². The van der Waals surface area contributed by atoms with Crippen molar-refractivity contribution in [1.82, 2.24) is 0 Å². The Labute approximate surface area is 147 Å². The van der Waals surface area contributed by atoms with E-state index in [1.54, 1.807) is 36.4 Å². The molecule has 0 atom stereocenters. The third-order valence-electron chi connectivity index (χ3n) is 4.01. The van der Waals surface area contributed by atoms with E-state index in [1.165, 1.54) is 5.56 Å². The van der Waals surface area contributed by atoms with Crippen LogP contribution in [0.5, 0.6) is 5.75 Å². The maximum Gasteiger partial charge on any atom is 0.343 e. The molecule has 0 heterocycles. The Morgan fingerprint density at radius 1 is 0.880 bits per heavy atom. The summed E-state index contributed by atoms with van der Waals surface area (Å²) in [4.78, 5) is 12.2. The van der Waals surface area contributed by atoms with E-state index in [4.69, 9.17) is 10.00 Å². The largest absolute Gasteiger partial charge is 0.423 e. The zero-order chi connectivity index (χ0) is 17.6. The minimum Gasteiger partial charge on any atom is -0.423 e. The second-order valence-electron chi connectivity index (χ2n) is 5.65. The number of hydrogen-bond acceptors (Lipinski definition) is 3. The van der Waals surface area contributed by atoms with Crippen molar-refractivity contribution in [2.75, 3.05) is 0 Å². The highest BCUT2D eigenvalue weighted by Crippen LogP contribution is 2.21. The summed E-state index contributed by atoms with van der Waals surface area (Å²) in [6.45, 7) is 2.13. The summed E-state index contributed by atoms with van der Waals surface area (Å²) in [6.07, 6.45) is 1.01. The molecule has 25 heavy (non-hydrogen) atoms. The van der Waals surface area contributed by atoms with Crippen molar-refractivity contribution < 1.29 is 9.53 Å². The number of aryl methyl sites for hydroxylation is 1. The highest BCUT2D eigenvalue weighted by atomic mass is 16.5. The Morgan fingerprint density at radius 3 is 1.96 bits per heavy atom. The first-order chi connectivity index (χ1) is 12.2. The Hall–Kier alpha value is -3.38. The van der Waals surface area contributed by atoms with Crippen LogP contribution < -0.4 is 4.74 Å². The molecular formula is C22H17NO2. The molecule has 0 bridgehead atoms. The molecule has 0 unspecified atom stereocenters. The van der Waals surface area contributed by atoms with E-state index in [-0.39, 0.29) is 0 Å². The molecular weight excluding hydrogens is 310 g/mol. The minimum atomic E-state index is -0.419. The summed E-state index contributed by atoms with van der Waals surface area (Å²) >= 11 is 0. The summed E-state index contributed by atoms with van der Waals surface area (Å²) in [5, 5.41) is 8.78. The zero-order valence-electron chi connectivity index (χ0n) is 13.9. The van der Waals surface area contributed by atoms with Gasteiger partial charge in [-0.1, -0.05) is 43.3 Å². The first-order valence-electron chi connectivity index (χ1n) is 8.11. The lowest BCUT2D eigenvalue weighted by Crippen LogP contribution is -2.08. The second-order valence-corrected chi connectivity index (χ2v) is 5.65. The van der Waals surface area contributed by atoms with Crippen molar-refractivity contribution >= 4 is 5.97 Å². The van der Waals surface area contributed by atoms with Crippen molar-refractivity contribution in [2.24, 2.45) is 0 Å². The van der Waals surface area contributed by atoms with Crippen LogP contribution in [0.25, 0.3) is 11.1 Å². The van der Waals surface area contributed by atoms with Gasteiger partial charge in [-0.2, -0.15) is 5.26 Å². The van der Waals surface area contributed by atoms with E-state index < -0.39 is 5.97 Å². The van der Waals surface area contributed by atoms with Crippen LogP contribution in [-0.2, 0) is 6.42 Å². The minimum absolute atomic E-state index is 0.419. The van der Waals surface area contributed by atoms with Crippen molar-refractivity contribution in [1.29, 1.82) is 5.26 Å². The predicted molar refractivity (Wildman–Crippen MR) is 97.4 cm³/mol. The molecule has 3 aromatic rings. The van der Waals surface area contributed by atoms with Gasteiger partial charge in [-0.3, -0.25) is 0 Å². The predicted octanol–water partition coefficient (Wildman–Crippen LogP) is 5.01. The molecule has 3 nitrogen and oxygen atoms in total. The fraction of sp³-hybridized carbons (Fsp3) is 0.0909. The molecule has 0 spiro atoms. The molecule has 0 saturated carbocycles. The highest BCUT2D eigenvalue weighted by molar-refractivity contribution is 5.91. The van der Waals surface area contributed by atoms with Gasteiger partial charge in [0.25, 0.3) is 0 Å². The first kappa shape index (κ1) is 16.5. The van der Waals surface area contributed by atoms with Gasteiger partial charge >= 0.3 is 5.97 Å². The number of ether oxygens (including phenoxy) is 1. The summed E-state index contributed by atoms with van der Waals surface area (Å²) in [7, 11) is 0. The molecule has 0 aliphatic carbocycles.